The van der Waals surface area contributed by atoms with Crippen LogP contribution < -0.4 is 5.32 Å². The highest BCUT2D eigenvalue weighted by Gasteiger charge is 2.33. The molecule has 1 heterocycles. The Labute approximate surface area is 119 Å². The van der Waals surface area contributed by atoms with Crippen LogP contribution in [0.1, 0.15) is 20.8 Å². The summed E-state index contributed by atoms with van der Waals surface area (Å²) in [6.45, 7) is 12.4. The van der Waals surface area contributed by atoms with Crippen molar-refractivity contribution in [3.63, 3.8) is 0 Å². The van der Waals surface area contributed by atoms with Gasteiger partial charge in [0.15, 0.2) is 5.92 Å². The van der Waals surface area contributed by atoms with E-state index >= 15 is 0 Å². The molecule has 1 aliphatic heterocycles. The average Bonchev–Trinajstić information content (AvgIpc) is 2.46. The first kappa shape index (κ1) is 17.8. The zero-order chi connectivity index (χ0) is 15.7. The van der Waals surface area contributed by atoms with Gasteiger partial charge in [-0.05, 0) is 18.6 Å². The minimum Gasteiger partial charge on any atom is -0.452 e. The van der Waals surface area contributed by atoms with Gasteiger partial charge in [0, 0.05) is 0 Å². The van der Waals surface area contributed by atoms with Crippen LogP contribution in [-0.2, 0) is 19.1 Å². The standard InChI is InChI=1S/C13H15NO4.C2H6/c1-4-9-6-10(12(16)14-7-8(3)15)13(17)18-11(9)5-2;1-2/h4-6,10-11H,1-2,7H2,3H3,(H,14,16);1-2H3. The van der Waals surface area contributed by atoms with Gasteiger partial charge in [-0.2, -0.15) is 0 Å². The molecule has 0 saturated carbocycles. The molecule has 1 aliphatic rings. The number of hydrogen-bond donors (Lipinski definition) is 1. The van der Waals surface area contributed by atoms with Gasteiger partial charge in [-0.25, -0.2) is 0 Å². The Hall–Kier alpha value is -2.17. The highest BCUT2D eigenvalue weighted by atomic mass is 16.5. The van der Waals surface area contributed by atoms with Crippen LogP contribution in [-0.4, -0.2) is 30.3 Å². The van der Waals surface area contributed by atoms with Crippen molar-refractivity contribution in [3.8, 4) is 0 Å². The number of carbonyl (C=O) groups is 3. The van der Waals surface area contributed by atoms with Crippen molar-refractivity contribution in [3.05, 3.63) is 37.0 Å². The van der Waals surface area contributed by atoms with E-state index in [2.05, 4.69) is 18.5 Å². The van der Waals surface area contributed by atoms with E-state index in [0.29, 0.717) is 5.57 Å². The topological polar surface area (TPSA) is 72.5 Å². The molecule has 0 radical (unpaired) electrons. The maximum absolute atomic E-state index is 11.7. The average molecular weight is 279 g/mol. The third kappa shape index (κ3) is 4.84. The van der Waals surface area contributed by atoms with Gasteiger partial charge in [0.25, 0.3) is 0 Å². The number of ketones is 1. The fourth-order valence-electron chi connectivity index (χ4n) is 1.49. The monoisotopic (exact) mass is 279 g/mol. The number of hydrogen-bond acceptors (Lipinski definition) is 4. The molecule has 1 rings (SSSR count). The summed E-state index contributed by atoms with van der Waals surface area (Å²) in [5, 5.41) is 2.37. The first-order valence-electron chi connectivity index (χ1n) is 6.44. The minimum absolute atomic E-state index is 0.106. The Morgan fingerprint density at radius 3 is 2.45 bits per heavy atom. The van der Waals surface area contributed by atoms with Gasteiger partial charge < -0.3 is 10.1 Å². The van der Waals surface area contributed by atoms with Crippen LogP contribution in [0.25, 0.3) is 0 Å². The van der Waals surface area contributed by atoms with Crippen LogP contribution >= 0.6 is 0 Å². The summed E-state index contributed by atoms with van der Waals surface area (Å²) in [5.74, 6) is -2.46. The van der Waals surface area contributed by atoms with Crippen LogP contribution in [0, 0.1) is 5.92 Å². The van der Waals surface area contributed by atoms with Gasteiger partial charge in [0.2, 0.25) is 5.91 Å². The van der Waals surface area contributed by atoms with Crippen molar-refractivity contribution >= 4 is 17.7 Å². The summed E-state index contributed by atoms with van der Waals surface area (Å²) < 4.78 is 5.04. The van der Waals surface area contributed by atoms with Gasteiger partial charge in [-0.3, -0.25) is 14.4 Å². The van der Waals surface area contributed by atoms with E-state index < -0.39 is 23.9 Å². The number of Topliss-reactive ketones (excluding diaryl/α,β-unsaturated/α-hetero) is 1. The van der Waals surface area contributed by atoms with Crippen molar-refractivity contribution in [1.82, 2.24) is 5.32 Å². The lowest BCUT2D eigenvalue weighted by Crippen LogP contribution is -2.41. The molecule has 2 unspecified atom stereocenters. The van der Waals surface area contributed by atoms with Crippen molar-refractivity contribution in [2.45, 2.75) is 26.9 Å². The predicted octanol–water partition coefficient (Wildman–Crippen LogP) is 1.56. The Bertz CT molecular complexity index is 437. The Morgan fingerprint density at radius 2 is 2.00 bits per heavy atom. The maximum atomic E-state index is 11.7. The van der Waals surface area contributed by atoms with Crippen molar-refractivity contribution in [2.75, 3.05) is 6.54 Å². The number of nitrogens with one attached hydrogen (secondary N) is 1. The number of rotatable bonds is 5. The third-order valence-corrected chi connectivity index (χ3v) is 2.43. The van der Waals surface area contributed by atoms with E-state index in [1.54, 1.807) is 0 Å². The van der Waals surface area contributed by atoms with E-state index in [1.807, 2.05) is 13.8 Å². The zero-order valence-electron chi connectivity index (χ0n) is 12.1. The number of cyclic esters (lactones) is 1. The summed E-state index contributed by atoms with van der Waals surface area (Å²) in [4.78, 5) is 34.1. The molecule has 0 aliphatic carbocycles. The lowest BCUT2D eigenvalue weighted by atomic mass is 9.97. The highest BCUT2D eigenvalue weighted by Crippen LogP contribution is 2.21. The van der Waals surface area contributed by atoms with Crippen LogP contribution in [0.2, 0.25) is 0 Å². The molecule has 1 N–H and O–H groups in total. The van der Waals surface area contributed by atoms with E-state index in [-0.39, 0.29) is 12.3 Å². The summed E-state index contributed by atoms with van der Waals surface area (Å²) in [7, 11) is 0. The number of carbonyl (C=O) groups excluding carboxylic acids is 3. The summed E-state index contributed by atoms with van der Waals surface area (Å²) in [6, 6.07) is 0. The predicted molar refractivity (Wildman–Crippen MR) is 76.9 cm³/mol. The first-order valence-corrected chi connectivity index (χ1v) is 6.44. The smallest absolute Gasteiger partial charge is 0.323 e. The molecule has 110 valence electrons. The van der Waals surface area contributed by atoms with E-state index in [1.165, 1.54) is 25.2 Å². The van der Waals surface area contributed by atoms with Crippen LogP contribution in [0.15, 0.2) is 37.0 Å². The molecule has 0 aromatic carbocycles. The highest BCUT2D eigenvalue weighted by molar-refractivity contribution is 6.01. The molecular weight excluding hydrogens is 258 g/mol. The molecule has 5 nitrogen and oxygen atoms in total. The van der Waals surface area contributed by atoms with Crippen LogP contribution in [0.5, 0.6) is 0 Å². The van der Waals surface area contributed by atoms with Gasteiger partial charge in [0.05, 0.1) is 6.54 Å². The summed E-state index contributed by atoms with van der Waals surface area (Å²) >= 11 is 0. The lowest BCUT2D eigenvalue weighted by molar-refractivity contribution is -0.153. The lowest BCUT2D eigenvalue weighted by Gasteiger charge is -2.24. The van der Waals surface area contributed by atoms with Crippen LogP contribution in [0.3, 0.4) is 0 Å². The number of ether oxygens (including phenoxy) is 1. The molecule has 0 aromatic heterocycles. The fraction of sp³-hybridized carbons (Fsp3) is 0.400. The number of amides is 1. The van der Waals surface area contributed by atoms with Crippen molar-refractivity contribution in [1.29, 1.82) is 0 Å². The summed E-state index contributed by atoms with van der Waals surface area (Å²) in [6.07, 6.45) is 3.85. The number of esters is 1. The molecule has 0 saturated heterocycles. The van der Waals surface area contributed by atoms with Gasteiger partial charge >= 0.3 is 5.97 Å². The third-order valence-electron chi connectivity index (χ3n) is 2.43. The fourth-order valence-corrected chi connectivity index (χ4v) is 1.49. The van der Waals surface area contributed by atoms with Gasteiger partial charge in [0.1, 0.15) is 11.9 Å². The quantitative estimate of drug-likeness (QED) is 0.471. The molecule has 0 spiro atoms. The normalized spacial score (nSPS) is 20.6. The summed E-state index contributed by atoms with van der Waals surface area (Å²) in [5.41, 5.74) is 0.604. The van der Waals surface area contributed by atoms with Crippen molar-refractivity contribution < 1.29 is 19.1 Å². The van der Waals surface area contributed by atoms with Crippen LogP contribution in [0.4, 0.5) is 0 Å². The second-order valence-corrected chi connectivity index (χ2v) is 3.86. The molecule has 1 amide bonds. The van der Waals surface area contributed by atoms with E-state index in [4.69, 9.17) is 4.74 Å². The van der Waals surface area contributed by atoms with Gasteiger partial charge in [-0.1, -0.05) is 39.2 Å². The Morgan fingerprint density at radius 1 is 1.40 bits per heavy atom. The SMILES string of the molecule is C=CC1=CC(C(=O)NCC(C)=O)C(=O)OC1C=C.CC. The molecule has 0 aromatic rings. The second-order valence-electron chi connectivity index (χ2n) is 3.86. The van der Waals surface area contributed by atoms with Crippen molar-refractivity contribution in [2.24, 2.45) is 5.92 Å². The molecule has 0 fully saturated rings. The van der Waals surface area contributed by atoms with Gasteiger partial charge in [-0.15, -0.1) is 0 Å². The zero-order valence-corrected chi connectivity index (χ0v) is 12.1. The minimum atomic E-state index is -1.05. The second kappa shape index (κ2) is 8.85. The van der Waals surface area contributed by atoms with E-state index in [9.17, 15) is 14.4 Å². The Kier molecular flexibility index (Phi) is 7.89. The molecular formula is C15H21NO4. The maximum Gasteiger partial charge on any atom is 0.323 e. The van der Waals surface area contributed by atoms with E-state index in [0.717, 1.165) is 0 Å². The largest absolute Gasteiger partial charge is 0.452 e. The molecule has 20 heavy (non-hydrogen) atoms. The molecule has 2 atom stereocenters. The molecule has 5 heteroatoms. The molecule has 0 bridgehead atoms. The Balaban J connectivity index is 0.00000172. The first-order chi connectivity index (χ1) is 9.49.